The van der Waals surface area contributed by atoms with Crippen LogP contribution in [0.25, 0.3) is 0 Å². The van der Waals surface area contributed by atoms with Crippen LogP contribution in [-0.2, 0) is 6.18 Å². The van der Waals surface area contributed by atoms with Crippen LogP contribution in [0.3, 0.4) is 0 Å². The standard InChI is InChI=1S/C8H4Cl2F3N5/c9-4-3-14-7(10)16-6(4)17-18-5(1-2-15-18)8(11,12)13/h1-3H,(H,14,16,17). The first-order valence-electron chi connectivity index (χ1n) is 4.44. The van der Waals surface area contributed by atoms with Gasteiger partial charge in [-0.25, -0.2) is 4.98 Å². The summed E-state index contributed by atoms with van der Waals surface area (Å²) in [6, 6.07) is 0.809. The molecular weight excluding hydrogens is 294 g/mol. The third-order valence-corrected chi connectivity index (χ3v) is 2.32. The molecule has 0 radical (unpaired) electrons. The van der Waals surface area contributed by atoms with Crippen molar-refractivity contribution in [3.63, 3.8) is 0 Å². The van der Waals surface area contributed by atoms with E-state index in [0.717, 1.165) is 18.5 Å². The number of nitrogens with zero attached hydrogens (tertiary/aromatic N) is 4. The Balaban J connectivity index is 2.35. The summed E-state index contributed by atoms with van der Waals surface area (Å²) in [5, 5.41) is 3.34. The zero-order valence-corrected chi connectivity index (χ0v) is 9.92. The fraction of sp³-hybridized carbons (Fsp3) is 0.125. The SMILES string of the molecule is FC(F)(F)c1ccnn1Nc1nc(Cl)ncc1Cl. The van der Waals surface area contributed by atoms with Crippen molar-refractivity contribution in [2.75, 3.05) is 5.43 Å². The molecule has 0 bridgehead atoms. The van der Waals surface area contributed by atoms with Crippen molar-refractivity contribution in [3.8, 4) is 0 Å². The van der Waals surface area contributed by atoms with Crippen molar-refractivity contribution in [2.24, 2.45) is 0 Å². The van der Waals surface area contributed by atoms with Crippen molar-refractivity contribution in [1.29, 1.82) is 0 Å². The summed E-state index contributed by atoms with van der Waals surface area (Å²) in [6.45, 7) is 0. The maximum atomic E-state index is 12.6. The van der Waals surface area contributed by atoms with Crippen LogP contribution in [0.1, 0.15) is 5.69 Å². The van der Waals surface area contributed by atoms with Gasteiger partial charge >= 0.3 is 6.18 Å². The zero-order chi connectivity index (χ0) is 13.3. The Kier molecular flexibility index (Phi) is 3.31. The van der Waals surface area contributed by atoms with Crippen LogP contribution in [0.5, 0.6) is 0 Å². The minimum absolute atomic E-state index is 0.0167. The van der Waals surface area contributed by atoms with Crippen LogP contribution in [0, 0.1) is 0 Å². The number of nitrogens with one attached hydrogen (secondary N) is 1. The minimum atomic E-state index is -4.55. The topological polar surface area (TPSA) is 55.6 Å². The van der Waals surface area contributed by atoms with E-state index in [1.807, 2.05) is 0 Å². The van der Waals surface area contributed by atoms with Gasteiger partial charge < -0.3 is 0 Å². The molecule has 0 spiro atoms. The number of anilines is 1. The second-order valence-corrected chi connectivity index (χ2v) is 3.82. The van der Waals surface area contributed by atoms with E-state index in [1.165, 1.54) is 0 Å². The van der Waals surface area contributed by atoms with Crippen molar-refractivity contribution in [3.05, 3.63) is 34.5 Å². The van der Waals surface area contributed by atoms with E-state index in [4.69, 9.17) is 23.2 Å². The molecule has 1 N–H and O–H groups in total. The molecular formula is C8H4Cl2F3N5. The van der Waals surface area contributed by atoms with Crippen LogP contribution < -0.4 is 5.43 Å². The number of aromatic nitrogens is 4. The summed E-state index contributed by atoms with van der Waals surface area (Å²) in [7, 11) is 0. The fourth-order valence-corrected chi connectivity index (χ4v) is 1.40. The van der Waals surface area contributed by atoms with E-state index in [2.05, 4.69) is 20.5 Å². The second kappa shape index (κ2) is 4.62. The van der Waals surface area contributed by atoms with Gasteiger partial charge in [0.15, 0.2) is 11.5 Å². The van der Waals surface area contributed by atoms with Gasteiger partial charge in [-0.3, -0.25) is 5.43 Å². The molecule has 0 aromatic carbocycles. The molecule has 0 fully saturated rings. The summed E-state index contributed by atoms with van der Waals surface area (Å²) in [5.41, 5.74) is 1.29. The van der Waals surface area contributed by atoms with Gasteiger partial charge in [0, 0.05) is 0 Å². The lowest BCUT2D eigenvalue weighted by atomic mass is 10.4. The van der Waals surface area contributed by atoms with Gasteiger partial charge in [-0.1, -0.05) is 11.6 Å². The Labute approximate surface area is 109 Å². The van der Waals surface area contributed by atoms with Crippen LogP contribution >= 0.6 is 23.2 Å². The number of rotatable bonds is 2. The van der Waals surface area contributed by atoms with E-state index in [0.29, 0.717) is 4.79 Å². The highest BCUT2D eigenvalue weighted by atomic mass is 35.5. The average molecular weight is 298 g/mol. The maximum absolute atomic E-state index is 12.6. The minimum Gasteiger partial charge on any atom is -0.259 e. The quantitative estimate of drug-likeness (QED) is 0.866. The number of hydrogen-bond acceptors (Lipinski definition) is 4. The van der Waals surface area contributed by atoms with Gasteiger partial charge in [-0.2, -0.15) is 28.0 Å². The normalized spacial score (nSPS) is 11.6. The van der Waals surface area contributed by atoms with Gasteiger partial charge in [0.25, 0.3) is 0 Å². The van der Waals surface area contributed by atoms with Crippen molar-refractivity contribution in [1.82, 2.24) is 19.9 Å². The predicted octanol–water partition coefficient (Wildman–Crippen LogP) is 2.87. The summed E-state index contributed by atoms with van der Waals surface area (Å²) in [6.07, 6.45) is -2.39. The summed E-state index contributed by atoms with van der Waals surface area (Å²) in [5.74, 6) is -0.0779. The lowest BCUT2D eigenvalue weighted by Crippen LogP contribution is -2.21. The van der Waals surface area contributed by atoms with Crippen LogP contribution in [0.4, 0.5) is 19.0 Å². The van der Waals surface area contributed by atoms with Crippen LogP contribution in [0.15, 0.2) is 18.5 Å². The van der Waals surface area contributed by atoms with Crippen LogP contribution in [-0.4, -0.2) is 19.9 Å². The third kappa shape index (κ3) is 2.65. The molecule has 2 aromatic rings. The van der Waals surface area contributed by atoms with Crippen molar-refractivity contribution < 1.29 is 13.2 Å². The molecule has 0 atom stereocenters. The molecule has 2 heterocycles. The third-order valence-electron chi connectivity index (χ3n) is 1.86. The molecule has 0 amide bonds. The average Bonchev–Trinajstić information content (AvgIpc) is 2.71. The molecule has 5 nitrogen and oxygen atoms in total. The van der Waals surface area contributed by atoms with Gasteiger partial charge in [-0.15, -0.1) is 0 Å². The van der Waals surface area contributed by atoms with Gasteiger partial charge in [0.1, 0.15) is 5.02 Å². The summed E-state index contributed by atoms with van der Waals surface area (Å²) >= 11 is 11.2. The molecule has 0 saturated heterocycles. The predicted molar refractivity (Wildman–Crippen MR) is 58.3 cm³/mol. The Morgan fingerprint density at radius 3 is 2.67 bits per heavy atom. The summed E-state index contributed by atoms with van der Waals surface area (Å²) < 4.78 is 37.7. The van der Waals surface area contributed by atoms with Gasteiger partial charge in [-0.05, 0) is 17.7 Å². The molecule has 2 rings (SSSR count). The Bertz CT molecular complexity index is 568. The fourth-order valence-electron chi connectivity index (χ4n) is 1.13. The highest BCUT2D eigenvalue weighted by molar-refractivity contribution is 6.33. The highest BCUT2D eigenvalue weighted by Crippen LogP contribution is 2.29. The number of alkyl halides is 3. The first kappa shape index (κ1) is 12.9. The van der Waals surface area contributed by atoms with E-state index in [9.17, 15) is 13.2 Å². The lowest BCUT2D eigenvalue weighted by Gasteiger charge is -2.12. The van der Waals surface area contributed by atoms with E-state index in [1.54, 1.807) is 0 Å². The van der Waals surface area contributed by atoms with Gasteiger partial charge in [0.05, 0.1) is 12.4 Å². The first-order chi connectivity index (χ1) is 8.38. The zero-order valence-electron chi connectivity index (χ0n) is 8.41. The van der Waals surface area contributed by atoms with Crippen molar-refractivity contribution in [2.45, 2.75) is 6.18 Å². The molecule has 18 heavy (non-hydrogen) atoms. The van der Waals surface area contributed by atoms with E-state index < -0.39 is 11.9 Å². The summed E-state index contributed by atoms with van der Waals surface area (Å²) in [4.78, 5) is 7.73. The smallest absolute Gasteiger partial charge is 0.259 e. The largest absolute Gasteiger partial charge is 0.435 e. The first-order valence-corrected chi connectivity index (χ1v) is 5.20. The lowest BCUT2D eigenvalue weighted by molar-refractivity contribution is -0.143. The Morgan fingerprint density at radius 1 is 1.28 bits per heavy atom. The maximum Gasteiger partial charge on any atom is 0.435 e. The molecule has 0 aliphatic carbocycles. The molecule has 2 aromatic heterocycles. The van der Waals surface area contributed by atoms with E-state index in [-0.39, 0.29) is 16.1 Å². The molecule has 0 saturated carbocycles. The van der Waals surface area contributed by atoms with Gasteiger partial charge in [0.2, 0.25) is 5.28 Å². The molecule has 0 unspecified atom stereocenters. The Hall–Kier alpha value is -1.54. The monoisotopic (exact) mass is 297 g/mol. The molecule has 96 valence electrons. The second-order valence-electron chi connectivity index (χ2n) is 3.07. The highest BCUT2D eigenvalue weighted by Gasteiger charge is 2.35. The molecule has 0 aliphatic heterocycles. The number of hydrogen-bond donors (Lipinski definition) is 1. The van der Waals surface area contributed by atoms with Crippen LogP contribution in [0.2, 0.25) is 10.3 Å². The van der Waals surface area contributed by atoms with E-state index >= 15 is 0 Å². The molecule has 0 aliphatic rings. The van der Waals surface area contributed by atoms with Crippen molar-refractivity contribution >= 4 is 29.0 Å². The number of halogens is 5. The Morgan fingerprint density at radius 2 is 2.00 bits per heavy atom. The molecule has 10 heteroatoms.